The van der Waals surface area contributed by atoms with Gasteiger partial charge in [-0.3, -0.25) is 24.6 Å². The van der Waals surface area contributed by atoms with Gasteiger partial charge in [0, 0.05) is 28.4 Å². The molecule has 0 saturated carbocycles. The molecule has 1 heterocycles. The van der Waals surface area contributed by atoms with Crippen molar-refractivity contribution in [2.24, 2.45) is 0 Å². The fraction of sp³-hybridized carbons (Fsp3) is 0.0833. The molecule has 1 aliphatic rings. The van der Waals surface area contributed by atoms with E-state index in [-0.39, 0.29) is 17.0 Å². The monoisotopic (exact) mass is 448 g/mol. The molecule has 3 aromatic carbocycles. The SMILES string of the molecule is Cc1ccc(N2C(=O)C(=O)C(=C(O)c3ccc(Cl)cc3)[C@@H]2c2cccc([N+](=O)[O-])c2)cc1. The lowest BCUT2D eigenvalue weighted by Crippen LogP contribution is -2.29. The Hall–Kier alpha value is -3.97. The predicted octanol–water partition coefficient (Wildman–Crippen LogP) is 5.18. The van der Waals surface area contributed by atoms with Crippen molar-refractivity contribution >= 4 is 40.4 Å². The molecule has 1 amide bonds. The zero-order valence-corrected chi connectivity index (χ0v) is 17.6. The van der Waals surface area contributed by atoms with E-state index in [0.29, 0.717) is 21.8 Å². The van der Waals surface area contributed by atoms with Crippen molar-refractivity contribution < 1.29 is 19.6 Å². The maximum atomic E-state index is 13.1. The number of anilines is 1. The molecule has 1 fully saturated rings. The summed E-state index contributed by atoms with van der Waals surface area (Å²) in [5, 5.41) is 22.8. The number of carbonyl (C=O) groups excluding carboxylic acids is 2. The summed E-state index contributed by atoms with van der Waals surface area (Å²) < 4.78 is 0. The number of nitrogens with zero attached hydrogens (tertiary/aromatic N) is 2. The maximum absolute atomic E-state index is 13.1. The van der Waals surface area contributed by atoms with Gasteiger partial charge < -0.3 is 5.11 Å². The van der Waals surface area contributed by atoms with Crippen molar-refractivity contribution in [2.75, 3.05) is 4.90 Å². The standard InChI is InChI=1S/C24H17ClN2O5/c1-14-5-11-18(12-6-14)26-21(16-3-2-4-19(13-16)27(31)32)20(23(29)24(26)30)22(28)15-7-9-17(25)10-8-15/h2-13,21,28H,1H3/t21-/m0/s1. The molecule has 32 heavy (non-hydrogen) atoms. The summed E-state index contributed by atoms with van der Waals surface area (Å²) in [4.78, 5) is 38.2. The Kier molecular flexibility index (Phi) is 5.50. The van der Waals surface area contributed by atoms with E-state index < -0.39 is 22.7 Å². The highest BCUT2D eigenvalue weighted by Crippen LogP contribution is 2.42. The van der Waals surface area contributed by atoms with E-state index in [1.165, 1.54) is 35.2 Å². The number of amides is 1. The molecule has 1 atom stereocenters. The third-order valence-electron chi connectivity index (χ3n) is 5.27. The van der Waals surface area contributed by atoms with Crippen LogP contribution < -0.4 is 4.90 Å². The normalized spacial score (nSPS) is 17.6. The Morgan fingerprint density at radius 1 is 1.03 bits per heavy atom. The van der Waals surface area contributed by atoms with E-state index in [4.69, 9.17) is 11.6 Å². The van der Waals surface area contributed by atoms with Crippen LogP contribution in [0, 0.1) is 17.0 Å². The average molecular weight is 449 g/mol. The smallest absolute Gasteiger partial charge is 0.300 e. The number of hydrogen-bond donors (Lipinski definition) is 1. The van der Waals surface area contributed by atoms with Gasteiger partial charge in [-0.1, -0.05) is 41.4 Å². The highest BCUT2D eigenvalue weighted by Gasteiger charge is 2.47. The van der Waals surface area contributed by atoms with E-state index in [2.05, 4.69) is 0 Å². The number of Topliss-reactive ketones (excluding diaryl/α,β-unsaturated/α-hetero) is 1. The molecule has 1 N–H and O–H groups in total. The van der Waals surface area contributed by atoms with Crippen LogP contribution in [0.15, 0.2) is 78.4 Å². The molecule has 0 bridgehead atoms. The van der Waals surface area contributed by atoms with Gasteiger partial charge in [0.15, 0.2) is 0 Å². The number of carbonyl (C=O) groups is 2. The topological polar surface area (TPSA) is 101 Å². The largest absolute Gasteiger partial charge is 0.507 e. The van der Waals surface area contributed by atoms with Crippen molar-refractivity contribution in [1.82, 2.24) is 0 Å². The van der Waals surface area contributed by atoms with Gasteiger partial charge >= 0.3 is 0 Å². The Balaban J connectivity index is 1.96. The summed E-state index contributed by atoms with van der Waals surface area (Å²) in [5.74, 6) is -2.10. The molecule has 0 unspecified atom stereocenters. The lowest BCUT2D eigenvalue weighted by atomic mass is 9.94. The minimum absolute atomic E-state index is 0.154. The van der Waals surface area contributed by atoms with Crippen LogP contribution in [-0.2, 0) is 9.59 Å². The molecule has 0 spiro atoms. The van der Waals surface area contributed by atoms with E-state index in [9.17, 15) is 24.8 Å². The third kappa shape index (κ3) is 3.74. The molecule has 0 aliphatic carbocycles. The zero-order valence-electron chi connectivity index (χ0n) is 16.9. The quantitative estimate of drug-likeness (QED) is 0.195. The second-order valence-corrected chi connectivity index (χ2v) is 7.80. The molecule has 3 aromatic rings. The molecule has 8 heteroatoms. The summed E-state index contributed by atoms with van der Waals surface area (Å²) in [7, 11) is 0. The van der Waals surface area contributed by atoms with Crippen molar-refractivity contribution in [3.8, 4) is 0 Å². The summed E-state index contributed by atoms with van der Waals surface area (Å²) >= 11 is 5.92. The summed E-state index contributed by atoms with van der Waals surface area (Å²) in [5.41, 5.74) is 1.67. The van der Waals surface area contributed by atoms with Crippen LogP contribution in [0.4, 0.5) is 11.4 Å². The Morgan fingerprint density at radius 2 is 1.69 bits per heavy atom. The molecular formula is C24H17ClN2O5. The van der Waals surface area contributed by atoms with Crippen LogP contribution >= 0.6 is 11.6 Å². The van der Waals surface area contributed by atoms with Gasteiger partial charge in [0.25, 0.3) is 17.4 Å². The number of halogens is 1. The van der Waals surface area contributed by atoms with Crippen LogP contribution in [0.3, 0.4) is 0 Å². The molecular weight excluding hydrogens is 432 g/mol. The van der Waals surface area contributed by atoms with Gasteiger partial charge in [0.05, 0.1) is 16.5 Å². The van der Waals surface area contributed by atoms with Gasteiger partial charge in [0.2, 0.25) is 0 Å². The number of rotatable bonds is 4. The van der Waals surface area contributed by atoms with Crippen LogP contribution in [0.2, 0.25) is 5.02 Å². The molecule has 160 valence electrons. The Morgan fingerprint density at radius 3 is 2.31 bits per heavy atom. The number of nitro groups is 1. The van der Waals surface area contributed by atoms with E-state index in [0.717, 1.165) is 5.56 Å². The number of aliphatic hydroxyl groups excluding tert-OH is 1. The average Bonchev–Trinajstić information content (AvgIpc) is 3.05. The number of benzene rings is 3. The highest BCUT2D eigenvalue weighted by molar-refractivity contribution is 6.51. The van der Waals surface area contributed by atoms with Crippen molar-refractivity contribution in [3.05, 3.63) is 110 Å². The van der Waals surface area contributed by atoms with Gasteiger partial charge in [-0.15, -0.1) is 0 Å². The minimum atomic E-state index is -1.05. The number of hydrogen-bond acceptors (Lipinski definition) is 5. The van der Waals surface area contributed by atoms with E-state index in [1.807, 2.05) is 6.92 Å². The highest BCUT2D eigenvalue weighted by atomic mass is 35.5. The first-order chi connectivity index (χ1) is 15.3. The van der Waals surface area contributed by atoms with E-state index >= 15 is 0 Å². The summed E-state index contributed by atoms with van der Waals surface area (Å²) in [6.07, 6.45) is 0. The number of non-ortho nitro benzene ring substituents is 1. The van der Waals surface area contributed by atoms with Gasteiger partial charge in [0.1, 0.15) is 5.76 Å². The maximum Gasteiger partial charge on any atom is 0.300 e. The first-order valence-electron chi connectivity index (χ1n) is 9.66. The minimum Gasteiger partial charge on any atom is -0.507 e. The number of aliphatic hydroxyl groups is 1. The van der Waals surface area contributed by atoms with Crippen LogP contribution in [0.1, 0.15) is 22.7 Å². The number of aryl methyl sites for hydroxylation is 1. The lowest BCUT2D eigenvalue weighted by Gasteiger charge is -2.25. The van der Waals surface area contributed by atoms with Crippen LogP contribution in [-0.4, -0.2) is 21.7 Å². The van der Waals surface area contributed by atoms with Crippen molar-refractivity contribution in [1.29, 1.82) is 0 Å². The van der Waals surface area contributed by atoms with Gasteiger partial charge in [-0.25, -0.2) is 0 Å². The molecule has 7 nitrogen and oxygen atoms in total. The van der Waals surface area contributed by atoms with E-state index in [1.54, 1.807) is 42.5 Å². The molecule has 0 aromatic heterocycles. The molecule has 0 radical (unpaired) electrons. The fourth-order valence-corrected chi connectivity index (χ4v) is 3.82. The molecule has 4 rings (SSSR count). The fourth-order valence-electron chi connectivity index (χ4n) is 3.69. The molecule has 1 aliphatic heterocycles. The zero-order chi connectivity index (χ0) is 23.0. The van der Waals surface area contributed by atoms with Crippen LogP contribution in [0.25, 0.3) is 5.76 Å². The number of ketones is 1. The lowest BCUT2D eigenvalue weighted by molar-refractivity contribution is -0.384. The Bertz CT molecular complexity index is 1270. The van der Waals surface area contributed by atoms with Gasteiger partial charge in [-0.05, 0) is 48.9 Å². The molecule has 1 saturated heterocycles. The summed E-state index contributed by atoms with van der Waals surface area (Å²) in [6, 6.07) is 17.7. The summed E-state index contributed by atoms with van der Waals surface area (Å²) in [6.45, 7) is 1.89. The third-order valence-corrected chi connectivity index (χ3v) is 5.52. The van der Waals surface area contributed by atoms with Crippen molar-refractivity contribution in [2.45, 2.75) is 13.0 Å². The first-order valence-corrected chi connectivity index (χ1v) is 10.0. The van der Waals surface area contributed by atoms with Crippen molar-refractivity contribution in [3.63, 3.8) is 0 Å². The van der Waals surface area contributed by atoms with Gasteiger partial charge in [-0.2, -0.15) is 0 Å². The number of nitro benzene ring substituents is 1. The predicted molar refractivity (Wildman–Crippen MR) is 121 cm³/mol. The second kappa shape index (κ2) is 8.28. The van der Waals surface area contributed by atoms with Crippen LogP contribution in [0.5, 0.6) is 0 Å². The second-order valence-electron chi connectivity index (χ2n) is 7.36. The Labute approximate surface area is 188 Å². The first kappa shape index (κ1) is 21.3.